The highest BCUT2D eigenvalue weighted by atomic mass is 79.9. The molecule has 0 aromatic heterocycles. The largest absolute Gasteiger partial charge is 0.354 e. The van der Waals surface area contributed by atoms with Crippen molar-refractivity contribution in [2.24, 2.45) is 0 Å². The molecule has 0 radical (unpaired) electrons. The van der Waals surface area contributed by atoms with Crippen molar-refractivity contribution < 1.29 is 18.0 Å². The third kappa shape index (κ3) is 7.57. The molecule has 2 aromatic carbocycles. The molecule has 0 spiro atoms. The van der Waals surface area contributed by atoms with E-state index in [1.54, 1.807) is 24.3 Å². The van der Waals surface area contributed by atoms with Crippen LogP contribution in [-0.2, 0) is 26.2 Å². The molecule has 0 fully saturated rings. The van der Waals surface area contributed by atoms with E-state index in [9.17, 15) is 18.0 Å². The van der Waals surface area contributed by atoms with E-state index < -0.39 is 28.5 Å². The lowest BCUT2D eigenvalue weighted by Gasteiger charge is -2.33. The Bertz CT molecular complexity index is 1060. The Hall–Kier alpha value is -2.39. The van der Waals surface area contributed by atoms with E-state index >= 15 is 0 Å². The number of halogens is 1. The minimum atomic E-state index is -3.74. The molecular weight excluding hydrogens is 506 g/mol. The maximum Gasteiger partial charge on any atom is 0.244 e. The van der Waals surface area contributed by atoms with Gasteiger partial charge in [-0.1, -0.05) is 54.0 Å². The minimum absolute atomic E-state index is 0.210. The highest BCUT2D eigenvalue weighted by Gasteiger charge is 2.31. The molecule has 180 valence electrons. The van der Waals surface area contributed by atoms with Crippen LogP contribution < -0.4 is 9.62 Å². The van der Waals surface area contributed by atoms with Crippen molar-refractivity contribution in [1.82, 2.24) is 10.2 Å². The fourth-order valence-corrected chi connectivity index (χ4v) is 4.59. The van der Waals surface area contributed by atoms with Gasteiger partial charge in [0.25, 0.3) is 0 Å². The standard InChI is InChI=1S/C24H32BrN3O4S/c1-5-15-26-24(30)22(6-2)27(16-19-10-8-7-9-18(19)3)23(29)17-28(33(4,31)32)21-13-11-20(25)12-14-21/h7-14,22H,5-6,15-17H2,1-4H3,(H,26,30)/t22-/m0/s1. The first-order valence-corrected chi connectivity index (χ1v) is 13.6. The molecule has 2 aromatic rings. The lowest BCUT2D eigenvalue weighted by Crippen LogP contribution is -2.52. The van der Waals surface area contributed by atoms with E-state index in [0.29, 0.717) is 18.7 Å². The average molecular weight is 539 g/mol. The molecule has 0 aliphatic carbocycles. The summed E-state index contributed by atoms with van der Waals surface area (Å²) in [4.78, 5) is 28.0. The van der Waals surface area contributed by atoms with Crippen molar-refractivity contribution in [1.29, 1.82) is 0 Å². The zero-order valence-corrected chi connectivity index (χ0v) is 21.9. The number of benzene rings is 2. The zero-order chi connectivity index (χ0) is 24.6. The third-order valence-electron chi connectivity index (χ3n) is 5.33. The quantitative estimate of drug-likeness (QED) is 0.471. The van der Waals surface area contributed by atoms with Crippen molar-refractivity contribution in [3.63, 3.8) is 0 Å². The number of aryl methyl sites for hydroxylation is 1. The second kappa shape index (κ2) is 12.2. The van der Waals surface area contributed by atoms with Gasteiger partial charge in [-0.05, 0) is 55.2 Å². The van der Waals surface area contributed by atoms with Gasteiger partial charge in [0.05, 0.1) is 11.9 Å². The van der Waals surface area contributed by atoms with Crippen LogP contribution >= 0.6 is 15.9 Å². The molecule has 2 rings (SSSR count). The zero-order valence-electron chi connectivity index (χ0n) is 19.5. The Morgan fingerprint density at radius 2 is 1.70 bits per heavy atom. The molecule has 1 N–H and O–H groups in total. The smallest absolute Gasteiger partial charge is 0.244 e. The third-order valence-corrected chi connectivity index (χ3v) is 7.00. The van der Waals surface area contributed by atoms with Crippen molar-refractivity contribution in [2.75, 3.05) is 23.7 Å². The number of sulfonamides is 1. The molecule has 2 amide bonds. The van der Waals surface area contributed by atoms with Gasteiger partial charge in [-0.2, -0.15) is 0 Å². The van der Waals surface area contributed by atoms with Crippen molar-refractivity contribution in [3.8, 4) is 0 Å². The van der Waals surface area contributed by atoms with E-state index in [-0.39, 0.29) is 12.5 Å². The van der Waals surface area contributed by atoms with E-state index in [0.717, 1.165) is 32.6 Å². The number of hydrogen-bond acceptors (Lipinski definition) is 4. The predicted molar refractivity (Wildman–Crippen MR) is 135 cm³/mol. The predicted octanol–water partition coefficient (Wildman–Crippen LogP) is 3.86. The van der Waals surface area contributed by atoms with Crippen LogP contribution in [0.3, 0.4) is 0 Å². The van der Waals surface area contributed by atoms with Crippen molar-refractivity contribution in [2.45, 2.75) is 46.2 Å². The summed E-state index contributed by atoms with van der Waals surface area (Å²) in [6.45, 7) is 6.07. The molecule has 0 aliphatic rings. The molecule has 0 aliphatic heterocycles. The van der Waals surface area contributed by atoms with Gasteiger partial charge in [-0.15, -0.1) is 0 Å². The number of hydrogen-bond donors (Lipinski definition) is 1. The number of nitrogens with one attached hydrogen (secondary N) is 1. The minimum Gasteiger partial charge on any atom is -0.354 e. The van der Waals surface area contributed by atoms with Crippen LogP contribution in [0, 0.1) is 6.92 Å². The number of anilines is 1. The van der Waals surface area contributed by atoms with Crippen LogP contribution in [0.4, 0.5) is 5.69 Å². The molecule has 0 saturated carbocycles. The van der Waals surface area contributed by atoms with E-state index in [1.165, 1.54) is 4.90 Å². The fourth-order valence-electron chi connectivity index (χ4n) is 3.48. The number of carbonyl (C=O) groups is 2. The molecule has 0 saturated heterocycles. The fraction of sp³-hybridized carbons (Fsp3) is 0.417. The number of carbonyl (C=O) groups excluding carboxylic acids is 2. The van der Waals surface area contributed by atoms with Gasteiger partial charge in [0, 0.05) is 17.6 Å². The molecular formula is C24H32BrN3O4S. The van der Waals surface area contributed by atoms with Crippen LogP contribution in [-0.4, -0.2) is 50.5 Å². The maximum atomic E-state index is 13.6. The van der Waals surface area contributed by atoms with Crippen LogP contribution in [0.2, 0.25) is 0 Å². The van der Waals surface area contributed by atoms with Gasteiger partial charge >= 0.3 is 0 Å². The summed E-state index contributed by atoms with van der Waals surface area (Å²) in [6.07, 6.45) is 2.25. The lowest BCUT2D eigenvalue weighted by molar-refractivity contribution is -0.140. The first-order valence-electron chi connectivity index (χ1n) is 10.9. The van der Waals surface area contributed by atoms with Gasteiger partial charge in [0.15, 0.2) is 0 Å². The van der Waals surface area contributed by atoms with Crippen LogP contribution in [0.1, 0.15) is 37.8 Å². The summed E-state index contributed by atoms with van der Waals surface area (Å²) in [5.41, 5.74) is 2.28. The molecule has 33 heavy (non-hydrogen) atoms. The summed E-state index contributed by atoms with van der Waals surface area (Å²) in [7, 11) is -3.74. The van der Waals surface area contributed by atoms with Crippen LogP contribution in [0.5, 0.6) is 0 Å². The highest BCUT2D eigenvalue weighted by molar-refractivity contribution is 9.10. The lowest BCUT2D eigenvalue weighted by atomic mass is 10.1. The summed E-state index contributed by atoms with van der Waals surface area (Å²) < 4.78 is 27.0. The molecule has 1 atom stereocenters. The molecule has 0 unspecified atom stereocenters. The van der Waals surface area contributed by atoms with Gasteiger partial charge in [0.1, 0.15) is 12.6 Å². The Morgan fingerprint density at radius 1 is 1.06 bits per heavy atom. The summed E-state index contributed by atoms with van der Waals surface area (Å²) in [6, 6.07) is 13.6. The first-order chi connectivity index (χ1) is 15.6. The Labute approximate surface area is 205 Å². The van der Waals surface area contributed by atoms with E-state index in [1.807, 2.05) is 45.0 Å². The van der Waals surface area contributed by atoms with Gasteiger partial charge in [-0.25, -0.2) is 8.42 Å². The van der Waals surface area contributed by atoms with E-state index in [4.69, 9.17) is 0 Å². The maximum absolute atomic E-state index is 13.6. The van der Waals surface area contributed by atoms with Gasteiger partial charge in [0.2, 0.25) is 21.8 Å². The molecule has 0 bridgehead atoms. The van der Waals surface area contributed by atoms with Crippen LogP contribution in [0.15, 0.2) is 53.0 Å². The molecule has 7 nitrogen and oxygen atoms in total. The van der Waals surface area contributed by atoms with Crippen LogP contribution in [0.25, 0.3) is 0 Å². The number of amides is 2. The monoisotopic (exact) mass is 537 g/mol. The van der Waals surface area contributed by atoms with Crippen molar-refractivity contribution >= 4 is 43.5 Å². The molecule has 0 heterocycles. The van der Waals surface area contributed by atoms with Gasteiger partial charge in [-0.3, -0.25) is 13.9 Å². The first kappa shape index (κ1) is 26.9. The average Bonchev–Trinajstić information content (AvgIpc) is 2.77. The topological polar surface area (TPSA) is 86.8 Å². The second-order valence-electron chi connectivity index (χ2n) is 7.91. The second-order valence-corrected chi connectivity index (χ2v) is 10.7. The van der Waals surface area contributed by atoms with E-state index in [2.05, 4.69) is 21.2 Å². The summed E-state index contributed by atoms with van der Waals surface area (Å²) >= 11 is 3.34. The number of rotatable bonds is 11. The summed E-state index contributed by atoms with van der Waals surface area (Å²) in [5.74, 6) is -0.680. The summed E-state index contributed by atoms with van der Waals surface area (Å²) in [5, 5.41) is 2.87. The number of nitrogens with zero attached hydrogens (tertiary/aromatic N) is 2. The molecule has 9 heteroatoms. The highest BCUT2D eigenvalue weighted by Crippen LogP contribution is 2.22. The normalized spacial score (nSPS) is 12.2. The Morgan fingerprint density at radius 3 is 2.24 bits per heavy atom. The Balaban J connectivity index is 2.42. The Kier molecular flexibility index (Phi) is 9.91. The SMILES string of the molecule is CCCNC(=O)[C@H](CC)N(Cc1ccccc1C)C(=O)CN(c1ccc(Br)cc1)S(C)(=O)=O. The van der Waals surface area contributed by atoms with Crippen molar-refractivity contribution in [3.05, 3.63) is 64.1 Å². The van der Waals surface area contributed by atoms with Gasteiger partial charge < -0.3 is 10.2 Å².